The average molecular weight is 249 g/mol. The number of likely N-dealkylation sites (tertiary alicyclic amines) is 1. The number of aromatic nitrogens is 1. The summed E-state index contributed by atoms with van der Waals surface area (Å²) in [5.41, 5.74) is 6.46. The second-order valence-corrected chi connectivity index (χ2v) is 4.41. The minimum Gasteiger partial charge on any atom is -0.481 e. The summed E-state index contributed by atoms with van der Waals surface area (Å²) in [6, 6.07) is 2.80. The van der Waals surface area contributed by atoms with Crippen molar-refractivity contribution in [1.82, 2.24) is 9.88 Å². The Morgan fingerprint density at radius 3 is 2.94 bits per heavy atom. The number of carboxylic acid groups (broad SMARTS) is 1. The van der Waals surface area contributed by atoms with Crippen molar-refractivity contribution in [3.05, 3.63) is 30.1 Å². The third kappa shape index (κ3) is 2.65. The molecule has 3 N–H and O–H groups in total. The van der Waals surface area contributed by atoms with Gasteiger partial charge >= 0.3 is 5.97 Å². The molecule has 2 rings (SSSR count). The second-order valence-electron chi connectivity index (χ2n) is 4.41. The van der Waals surface area contributed by atoms with Gasteiger partial charge in [-0.25, -0.2) is 0 Å². The molecule has 0 saturated carbocycles. The summed E-state index contributed by atoms with van der Waals surface area (Å²) in [4.78, 5) is 28.3. The number of carboxylic acids is 1. The molecule has 1 amide bonds. The number of nitrogens with two attached hydrogens (primary N) is 1. The third-order valence-corrected chi connectivity index (χ3v) is 3.00. The first-order valence-electron chi connectivity index (χ1n) is 5.74. The predicted molar refractivity (Wildman–Crippen MR) is 63.5 cm³/mol. The maximum Gasteiger partial charge on any atom is 0.305 e. The molecule has 6 nitrogen and oxygen atoms in total. The molecule has 0 radical (unpaired) electrons. The van der Waals surface area contributed by atoms with Gasteiger partial charge in [0, 0.05) is 31.4 Å². The third-order valence-electron chi connectivity index (χ3n) is 3.00. The van der Waals surface area contributed by atoms with Crippen LogP contribution in [0.25, 0.3) is 0 Å². The molecule has 1 aliphatic heterocycles. The highest BCUT2D eigenvalue weighted by molar-refractivity contribution is 5.80. The molecule has 1 aromatic heterocycles. The number of amides is 1. The van der Waals surface area contributed by atoms with Gasteiger partial charge in [-0.1, -0.05) is 6.07 Å². The number of hydrogen-bond acceptors (Lipinski definition) is 4. The van der Waals surface area contributed by atoms with Gasteiger partial charge in [0.1, 0.15) is 0 Å². The van der Waals surface area contributed by atoms with E-state index >= 15 is 0 Å². The number of aliphatic carboxylic acids is 1. The van der Waals surface area contributed by atoms with Gasteiger partial charge in [-0.3, -0.25) is 14.6 Å². The van der Waals surface area contributed by atoms with Crippen LogP contribution in [-0.4, -0.2) is 39.5 Å². The minimum absolute atomic E-state index is 0.0994. The lowest BCUT2D eigenvalue weighted by molar-refractivity contribution is -0.139. The molecule has 1 saturated heterocycles. The molecule has 96 valence electrons. The zero-order valence-corrected chi connectivity index (χ0v) is 9.82. The molecule has 2 atom stereocenters. The van der Waals surface area contributed by atoms with Crippen LogP contribution in [0.4, 0.5) is 0 Å². The molecule has 2 heterocycles. The monoisotopic (exact) mass is 249 g/mol. The molecule has 0 aliphatic carbocycles. The number of carbonyl (C=O) groups excluding carboxylic acids is 1. The first kappa shape index (κ1) is 12.5. The van der Waals surface area contributed by atoms with E-state index in [9.17, 15) is 9.59 Å². The Labute approximate surface area is 104 Å². The zero-order chi connectivity index (χ0) is 13.1. The summed E-state index contributed by atoms with van der Waals surface area (Å²) >= 11 is 0. The Morgan fingerprint density at radius 1 is 1.67 bits per heavy atom. The van der Waals surface area contributed by atoms with Crippen molar-refractivity contribution >= 4 is 11.9 Å². The van der Waals surface area contributed by atoms with E-state index < -0.39 is 12.0 Å². The normalized spacial score (nSPS) is 21.1. The van der Waals surface area contributed by atoms with Gasteiger partial charge in [0.2, 0.25) is 5.91 Å². The van der Waals surface area contributed by atoms with Crippen LogP contribution in [0.3, 0.4) is 0 Å². The lowest BCUT2D eigenvalue weighted by atomic mass is 10.0. The standard InChI is InChI=1S/C12H15N3O3/c13-9-4-11(16)15(7-9)10(5-12(17)18)8-2-1-3-14-6-8/h1-3,6,9-10H,4-5,7,13H2,(H,17,18). The van der Waals surface area contributed by atoms with E-state index in [0.717, 1.165) is 5.56 Å². The van der Waals surface area contributed by atoms with Gasteiger partial charge in [-0.05, 0) is 11.6 Å². The molecule has 2 unspecified atom stereocenters. The van der Waals surface area contributed by atoms with Crippen molar-refractivity contribution in [3.8, 4) is 0 Å². The van der Waals surface area contributed by atoms with E-state index in [0.29, 0.717) is 6.54 Å². The van der Waals surface area contributed by atoms with Crippen LogP contribution in [0, 0.1) is 0 Å². The van der Waals surface area contributed by atoms with Crippen LogP contribution in [0.5, 0.6) is 0 Å². The quantitative estimate of drug-likeness (QED) is 0.792. The molecule has 1 aromatic rings. The molecule has 18 heavy (non-hydrogen) atoms. The average Bonchev–Trinajstić information content (AvgIpc) is 2.66. The van der Waals surface area contributed by atoms with Crippen LogP contribution < -0.4 is 5.73 Å². The molecule has 6 heteroatoms. The number of nitrogens with zero attached hydrogens (tertiary/aromatic N) is 2. The van der Waals surface area contributed by atoms with Crippen molar-refractivity contribution in [2.45, 2.75) is 24.9 Å². The Hall–Kier alpha value is -1.95. The SMILES string of the molecule is NC1CC(=O)N(C(CC(=O)O)c2cccnc2)C1. The molecule has 1 aliphatic rings. The molecular formula is C12H15N3O3. The Balaban J connectivity index is 2.26. The van der Waals surface area contributed by atoms with E-state index in [4.69, 9.17) is 10.8 Å². The topological polar surface area (TPSA) is 96.5 Å². The number of carbonyl (C=O) groups is 2. The van der Waals surface area contributed by atoms with Gasteiger partial charge < -0.3 is 15.7 Å². The fraction of sp³-hybridized carbons (Fsp3) is 0.417. The Kier molecular flexibility index (Phi) is 3.57. The summed E-state index contributed by atoms with van der Waals surface area (Å²) in [5, 5.41) is 8.97. The maximum atomic E-state index is 11.8. The first-order chi connectivity index (χ1) is 8.58. The fourth-order valence-electron chi connectivity index (χ4n) is 2.21. The van der Waals surface area contributed by atoms with Gasteiger partial charge in [0.05, 0.1) is 12.5 Å². The summed E-state index contributed by atoms with van der Waals surface area (Å²) in [6.45, 7) is 0.395. The Bertz CT molecular complexity index is 449. The zero-order valence-electron chi connectivity index (χ0n) is 9.82. The van der Waals surface area contributed by atoms with Gasteiger partial charge in [-0.15, -0.1) is 0 Å². The smallest absolute Gasteiger partial charge is 0.305 e. The highest BCUT2D eigenvalue weighted by Gasteiger charge is 2.34. The highest BCUT2D eigenvalue weighted by atomic mass is 16.4. The van der Waals surface area contributed by atoms with Crippen molar-refractivity contribution in [2.24, 2.45) is 5.73 Å². The van der Waals surface area contributed by atoms with Crippen LogP contribution in [-0.2, 0) is 9.59 Å². The predicted octanol–water partition coefficient (Wildman–Crippen LogP) is 0.157. The summed E-state index contributed by atoms with van der Waals surface area (Å²) in [7, 11) is 0. The van der Waals surface area contributed by atoms with Crippen molar-refractivity contribution in [3.63, 3.8) is 0 Å². The van der Waals surface area contributed by atoms with E-state index in [-0.39, 0.29) is 24.8 Å². The molecule has 0 spiro atoms. The Morgan fingerprint density at radius 2 is 2.44 bits per heavy atom. The first-order valence-corrected chi connectivity index (χ1v) is 5.74. The van der Waals surface area contributed by atoms with E-state index in [1.807, 2.05) is 0 Å². The molecule has 0 bridgehead atoms. The number of pyridine rings is 1. The molecule has 1 fully saturated rings. The highest BCUT2D eigenvalue weighted by Crippen LogP contribution is 2.28. The number of rotatable bonds is 4. The van der Waals surface area contributed by atoms with Crippen LogP contribution >= 0.6 is 0 Å². The van der Waals surface area contributed by atoms with Crippen molar-refractivity contribution in [2.75, 3.05) is 6.54 Å². The fourth-order valence-corrected chi connectivity index (χ4v) is 2.21. The van der Waals surface area contributed by atoms with Gasteiger partial charge in [0.15, 0.2) is 0 Å². The van der Waals surface area contributed by atoms with Crippen LogP contribution in [0.2, 0.25) is 0 Å². The van der Waals surface area contributed by atoms with Crippen LogP contribution in [0.1, 0.15) is 24.4 Å². The summed E-state index contributed by atoms with van der Waals surface area (Å²) in [6.07, 6.45) is 3.34. The molecular weight excluding hydrogens is 234 g/mol. The lowest BCUT2D eigenvalue weighted by Crippen LogP contribution is -2.33. The molecule has 0 aromatic carbocycles. The van der Waals surface area contributed by atoms with E-state index in [1.165, 1.54) is 4.90 Å². The largest absolute Gasteiger partial charge is 0.481 e. The second kappa shape index (κ2) is 5.14. The lowest BCUT2D eigenvalue weighted by Gasteiger charge is -2.26. The minimum atomic E-state index is -0.947. The van der Waals surface area contributed by atoms with E-state index in [1.54, 1.807) is 24.5 Å². The van der Waals surface area contributed by atoms with Gasteiger partial charge in [-0.2, -0.15) is 0 Å². The maximum absolute atomic E-state index is 11.8. The summed E-state index contributed by atoms with van der Waals surface area (Å²) < 4.78 is 0. The van der Waals surface area contributed by atoms with E-state index in [2.05, 4.69) is 4.98 Å². The van der Waals surface area contributed by atoms with Crippen molar-refractivity contribution in [1.29, 1.82) is 0 Å². The van der Waals surface area contributed by atoms with Crippen molar-refractivity contribution < 1.29 is 14.7 Å². The van der Waals surface area contributed by atoms with Gasteiger partial charge in [0.25, 0.3) is 0 Å². The summed E-state index contributed by atoms with van der Waals surface area (Å²) in [5.74, 6) is -1.05. The van der Waals surface area contributed by atoms with Crippen LogP contribution in [0.15, 0.2) is 24.5 Å². The number of hydrogen-bond donors (Lipinski definition) is 2.